The Morgan fingerprint density at radius 2 is 1.36 bits per heavy atom. The zero-order valence-corrected chi connectivity index (χ0v) is 14.4. The second-order valence-corrected chi connectivity index (χ2v) is 5.77. The highest BCUT2D eigenvalue weighted by molar-refractivity contribution is 6.07. The van der Waals surface area contributed by atoms with Crippen LogP contribution in [0.1, 0.15) is 26.3 Å². The molecule has 0 atom stereocenters. The molecule has 2 N–H and O–H groups in total. The number of para-hydroxylation sites is 1. The van der Waals surface area contributed by atoms with Crippen molar-refractivity contribution < 1.29 is 18.4 Å². The molecule has 5 nitrogen and oxygen atoms in total. The van der Waals surface area contributed by atoms with Crippen molar-refractivity contribution in [1.82, 2.24) is 0 Å². The molecule has 0 aliphatic heterocycles. The van der Waals surface area contributed by atoms with E-state index in [4.69, 9.17) is 5.26 Å². The molecule has 0 aliphatic carbocycles. The maximum atomic E-state index is 13.6. The molecule has 0 bridgehead atoms. The minimum atomic E-state index is -0.888. The lowest BCUT2D eigenvalue weighted by atomic mass is 10.1. The van der Waals surface area contributed by atoms with Crippen LogP contribution >= 0.6 is 0 Å². The summed E-state index contributed by atoms with van der Waals surface area (Å²) in [7, 11) is 0. The van der Waals surface area contributed by atoms with Gasteiger partial charge in [-0.25, -0.2) is 8.78 Å². The van der Waals surface area contributed by atoms with E-state index < -0.39 is 23.4 Å². The molecular formula is C21H13F2N3O2. The quantitative estimate of drug-likeness (QED) is 0.710. The SMILES string of the molecule is N#Cc1ccccc1NC(=O)c1ccc(C(=O)Nc2ccc(F)cc2F)cc1. The van der Waals surface area contributed by atoms with Gasteiger partial charge in [-0.1, -0.05) is 12.1 Å². The van der Waals surface area contributed by atoms with Crippen molar-refractivity contribution in [3.05, 3.63) is 95.1 Å². The van der Waals surface area contributed by atoms with E-state index >= 15 is 0 Å². The van der Waals surface area contributed by atoms with Crippen molar-refractivity contribution >= 4 is 23.2 Å². The van der Waals surface area contributed by atoms with Crippen molar-refractivity contribution in [3.8, 4) is 6.07 Å². The lowest BCUT2D eigenvalue weighted by molar-refractivity contribution is 0.101. The Kier molecular flexibility index (Phi) is 5.42. The van der Waals surface area contributed by atoms with Crippen LogP contribution in [0.5, 0.6) is 0 Å². The molecule has 0 spiro atoms. The zero-order chi connectivity index (χ0) is 20.1. The summed E-state index contributed by atoms with van der Waals surface area (Å²) in [5.74, 6) is -2.68. The molecule has 0 saturated carbocycles. The minimum absolute atomic E-state index is 0.152. The number of hydrogen-bond donors (Lipinski definition) is 2. The Hall–Kier alpha value is -4.05. The van der Waals surface area contributed by atoms with E-state index in [1.165, 1.54) is 24.3 Å². The van der Waals surface area contributed by atoms with Crippen molar-refractivity contribution in [1.29, 1.82) is 5.26 Å². The molecule has 2 amide bonds. The predicted molar refractivity (Wildman–Crippen MR) is 99.9 cm³/mol. The fourth-order valence-corrected chi connectivity index (χ4v) is 2.44. The summed E-state index contributed by atoms with van der Waals surface area (Å²) in [5, 5.41) is 14.0. The largest absolute Gasteiger partial charge is 0.321 e. The number of amides is 2. The maximum absolute atomic E-state index is 13.6. The molecule has 3 rings (SSSR count). The third-order valence-corrected chi connectivity index (χ3v) is 3.88. The van der Waals surface area contributed by atoms with Crippen LogP contribution in [0, 0.1) is 23.0 Å². The fraction of sp³-hybridized carbons (Fsp3) is 0. The molecule has 0 aromatic heterocycles. The first-order valence-electron chi connectivity index (χ1n) is 8.15. The predicted octanol–water partition coefficient (Wildman–Crippen LogP) is 4.34. The van der Waals surface area contributed by atoms with Gasteiger partial charge in [-0.3, -0.25) is 9.59 Å². The third-order valence-electron chi connectivity index (χ3n) is 3.88. The van der Waals surface area contributed by atoms with Crippen LogP contribution in [0.25, 0.3) is 0 Å². The van der Waals surface area contributed by atoms with Crippen molar-refractivity contribution in [2.75, 3.05) is 10.6 Å². The van der Waals surface area contributed by atoms with E-state index in [1.807, 2.05) is 6.07 Å². The van der Waals surface area contributed by atoms with E-state index in [9.17, 15) is 18.4 Å². The van der Waals surface area contributed by atoms with Crippen molar-refractivity contribution in [2.45, 2.75) is 0 Å². The van der Waals surface area contributed by atoms with Gasteiger partial charge in [0.15, 0.2) is 0 Å². The number of rotatable bonds is 4. The molecular weight excluding hydrogens is 364 g/mol. The number of benzene rings is 3. The monoisotopic (exact) mass is 377 g/mol. The lowest BCUT2D eigenvalue weighted by Gasteiger charge is -2.09. The van der Waals surface area contributed by atoms with Crippen LogP contribution < -0.4 is 10.6 Å². The number of nitriles is 1. The summed E-state index contributed by atoms with van der Waals surface area (Å²) in [5.41, 5.74) is 1.02. The summed E-state index contributed by atoms with van der Waals surface area (Å²) in [4.78, 5) is 24.5. The number of hydrogen-bond acceptors (Lipinski definition) is 3. The second-order valence-electron chi connectivity index (χ2n) is 5.77. The molecule has 0 heterocycles. The molecule has 0 unspecified atom stereocenters. The highest BCUT2D eigenvalue weighted by Gasteiger charge is 2.13. The first-order valence-corrected chi connectivity index (χ1v) is 8.15. The summed E-state index contributed by atoms with van der Waals surface area (Å²) < 4.78 is 26.6. The molecule has 0 saturated heterocycles. The second kappa shape index (κ2) is 8.10. The number of nitrogens with zero attached hydrogens (tertiary/aromatic N) is 1. The highest BCUT2D eigenvalue weighted by atomic mass is 19.1. The minimum Gasteiger partial charge on any atom is -0.321 e. The van der Waals surface area contributed by atoms with Gasteiger partial charge in [-0.05, 0) is 48.5 Å². The van der Waals surface area contributed by atoms with Crippen LogP contribution in [0.4, 0.5) is 20.2 Å². The van der Waals surface area contributed by atoms with Crippen LogP contribution in [-0.4, -0.2) is 11.8 Å². The molecule has 0 fully saturated rings. The van der Waals surface area contributed by atoms with Gasteiger partial charge in [0.25, 0.3) is 11.8 Å². The zero-order valence-electron chi connectivity index (χ0n) is 14.4. The Morgan fingerprint density at radius 1 is 0.786 bits per heavy atom. The summed E-state index contributed by atoms with van der Waals surface area (Å²) >= 11 is 0. The van der Waals surface area contributed by atoms with Crippen molar-refractivity contribution in [3.63, 3.8) is 0 Å². The standard InChI is InChI=1S/C21H13F2N3O2/c22-16-9-10-19(17(23)11-16)26-21(28)14-7-5-13(6-8-14)20(27)25-18-4-2-1-3-15(18)12-24/h1-11H,(H,25,27)(H,26,28). The number of nitrogens with one attached hydrogen (secondary N) is 2. The lowest BCUT2D eigenvalue weighted by Crippen LogP contribution is -2.15. The van der Waals surface area contributed by atoms with Crippen molar-refractivity contribution in [2.24, 2.45) is 0 Å². The normalized spacial score (nSPS) is 10.0. The first kappa shape index (κ1) is 18.7. The van der Waals surface area contributed by atoms with Crippen LogP contribution in [0.15, 0.2) is 66.7 Å². The van der Waals surface area contributed by atoms with Crippen LogP contribution in [0.3, 0.4) is 0 Å². The van der Waals surface area contributed by atoms with Gasteiger partial charge in [-0.2, -0.15) is 5.26 Å². The molecule has 7 heteroatoms. The van der Waals surface area contributed by atoms with E-state index in [0.29, 0.717) is 17.3 Å². The van der Waals surface area contributed by atoms with Gasteiger partial charge in [0, 0.05) is 17.2 Å². The van der Waals surface area contributed by atoms with Gasteiger partial charge in [0.1, 0.15) is 17.7 Å². The van der Waals surface area contributed by atoms with Gasteiger partial charge in [0.05, 0.1) is 16.9 Å². The molecule has 28 heavy (non-hydrogen) atoms. The summed E-state index contributed by atoms with van der Waals surface area (Å²) in [6.07, 6.45) is 0. The van der Waals surface area contributed by atoms with E-state index in [0.717, 1.165) is 12.1 Å². The number of anilines is 2. The van der Waals surface area contributed by atoms with Gasteiger partial charge in [-0.15, -0.1) is 0 Å². The molecule has 3 aromatic rings. The molecule has 0 radical (unpaired) electrons. The van der Waals surface area contributed by atoms with E-state index in [2.05, 4.69) is 10.6 Å². The van der Waals surface area contributed by atoms with Gasteiger partial charge >= 0.3 is 0 Å². The average Bonchev–Trinajstić information content (AvgIpc) is 2.70. The van der Waals surface area contributed by atoms with E-state index in [-0.39, 0.29) is 16.8 Å². The topological polar surface area (TPSA) is 82.0 Å². The average molecular weight is 377 g/mol. The first-order chi connectivity index (χ1) is 13.5. The maximum Gasteiger partial charge on any atom is 0.255 e. The Labute approximate surface area is 159 Å². The molecule has 138 valence electrons. The summed E-state index contributed by atoms with van der Waals surface area (Å²) in [6, 6.07) is 17.0. The number of carbonyl (C=O) groups is 2. The Morgan fingerprint density at radius 3 is 1.93 bits per heavy atom. The van der Waals surface area contributed by atoms with E-state index in [1.54, 1.807) is 24.3 Å². The smallest absolute Gasteiger partial charge is 0.255 e. The molecule has 3 aromatic carbocycles. The number of halogens is 2. The Bertz CT molecular complexity index is 1090. The third kappa shape index (κ3) is 4.19. The van der Waals surface area contributed by atoms with Crippen LogP contribution in [-0.2, 0) is 0 Å². The number of carbonyl (C=O) groups excluding carboxylic acids is 2. The summed E-state index contributed by atoms with van der Waals surface area (Å²) in [6.45, 7) is 0. The highest BCUT2D eigenvalue weighted by Crippen LogP contribution is 2.18. The fourth-order valence-electron chi connectivity index (χ4n) is 2.44. The Balaban J connectivity index is 1.71. The van der Waals surface area contributed by atoms with Gasteiger partial charge in [0.2, 0.25) is 0 Å². The molecule has 0 aliphatic rings. The van der Waals surface area contributed by atoms with Crippen LogP contribution in [0.2, 0.25) is 0 Å². The van der Waals surface area contributed by atoms with Gasteiger partial charge < -0.3 is 10.6 Å².